The number of fused-ring (bicyclic) bond motifs is 14. The predicted molar refractivity (Wildman–Crippen MR) is 244 cm³/mol. The summed E-state index contributed by atoms with van der Waals surface area (Å²) in [7, 11) is 0. The summed E-state index contributed by atoms with van der Waals surface area (Å²) >= 11 is 0. The van der Waals surface area contributed by atoms with Crippen LogP contribution in [0.15, 0.2) is 194 Å². The molecule has 0 fully saturated rings. The predicted octanol–water partition coefficient (Wildman–Crippen LogP) is 15.1. The molecule has 2 aliphatic carbocycles. The van der Waals surface area contributed by atoms with Gasteiger partial charge in [-0.25, -0.2) is 0 Å². The number of rotatable bonds is 3. The fourth-order valence-corrected chi connectivity index (χ4v) is 10.8. The Kier molecular flexibility index (Phi) is 5.79. The Balaban J connectivity index is 0.906. The summed E-state index contributed by atoms with van der Waals surface area (Å²) in [5, 5.41) is 10.5. The van der Waals surface area contributed by atoms with E-state index in [0.29, 0.717) is 0 Å². The molecule has 0 amide bonds. The smallest absolute Gasteiger partial charge is 0.0620 e. The Morgan fingerprint density at radius 2 is 0.586 bits per heavy atom. The third kappa shape index (κ3) is 3.82. The van der Waals surface area contributed by atoms with Crippen molar-refractivity contribution in [3.63, 3.8) is 0 Å². The molecule has 2 aromatic heterocycles. The zero-order valence-corrected chi connectivity index (χ0v) is 31.4. The maximum Gasteiger partial charge on any atom is 0.0620 e. The highest BCUT2D eigenvalue weighted by Crippen LogP contribution is 2.52. The summed E-state index contributed by atoms with van der Waals surface area (Å²) < 4.78 is 4.95. The molecular weight excluding hydrogens is 701 g/mol. The first-order valence-corrected chi connectivity index (χ1v) is 20.2. The number of benzene rings is 10. The normalized spacial score (nSPS) is 12.5. The molecule has 266 valence electrons. The van der Waals surface area contributed by atoms with Crippen molar-refractivity contribution in [2.24, 2.45) is 0 Å². The maximum atomic E-state index is 2.47. The molecule has 0 N–H and O–H groups in total. The fraction of sp³-hybridized carbons (Fsp3) is 0. The van der Waals surface area contributed by atoms with Crippen LogP contribution >= 0.6 is 0 Å². The molecule has 2 aliphatic rings. The van der Waals surface area contributed by atoms with Crippen LogP contribution in [0, 0.1) is 0 Å². The van der Waals surface area contributed by atoms with E-state index >= 15 is 0 Å². The quantitative estimate of drug-likeness (QED) is 0.171. The van der Waals surface area contributed by atoms with Crippen LogP contribution in [0.1, 0.15) is 0 Å². The van der Waals surface area contributed by atoms with Gasteiger partial charge in [0, 0.05) is 43.7 Å². The molecule has 0 unspecified atom stereocenters. The maximum absolute atomic E-state index is 2.47. The highest BCUT2D eigenvalue weighted by molar-refractivity contribution is 6.29. The molecule has 12 aromatic rings. The van der Waals surface area contributed by atoms with Crippen molar-refractivity contribution in [3.05, 3.63) is 194 Å². The first-order chi connectivity index (χ1) is 28.8. The Hall–Kier alpha value is -7.68. The van der Waals surface area contributed by atoms with Gasteiger partial charge >= 0.3 is 0 Å². The molecule has 0 spiro atoms. The number of para-hydroxylation sites is 2. The Morgan fingerprint density at radius 1 is 0.241 bits per heavy atom. The first kappa shape index (κ1) is 30.5. The van der Waals surface area contributed by atoms with E-state index < -0.39 is 0 Å². The molecule has 14 rings (SSSR count). The standard InChI is InChI=1S/C56H32N2/c1-3-13-39-37(11-1)43-17-9-19-45-53(43)47(39)31-49-41-15-5-7-21-51(41)57(55(45)49)35-27-23-33(24-28-35)34-25-29-36(30-26-34)58-52-22-8-6-16-42(52)50-32-48-40-14-4-2-12-38(40)44-18-10-20-46(54(44)48)56(50)58/h1-32H. The third-order valence-corrected chi connectivity index (χ3v) is 13.2. The minimum absolute atomic E-state index is 1.16. The minimum Gasteiger partial charge on any atom is -0.309 e. The van der Waals surface area contributed by atoms with E-state index in [1.165, 1.54) is 121 Å². The van der Waals surface area contributed by atoms with Gasteiger partial charge in [-0.05, 0) is 115 Å². The van der Waals surface area contributed by atoms with Gasteiger partial charge in [-0.3, -0.25) is 0 Å². The van der Waals surface area contributed by atoms with E-state index in [9.17, 15) is 0 Å². The van der Waals surface area contributed by atoms with Crippen molar-refractivity contribution in [2.45, 2.75) is 0 Å². The van der Waals surface area contributed by atoms with Crippen LogP contribution in [0.3, 0.4) is 0 Å². The highest BCUT2D eigenvalue weighted by Gasteiger charge is 2.27. The van der Waals surface area contributed by atoms with Crippen molar-refractivity contribution in [1.29, 1.82) is 0 Å². The van der Waals surface area contributed by atoms with Gasteiger partial charge in [-0.1, -0.05) is 146 Å². The van der Waals surface area contributed by atoms with Crippen LogP contribution < -0.4 is 0 Å². The van der Waals surface area contributed by atoms with E-state index in [1.807, 2.05) is 0 Å². The van der Waals surface area contributed by atoms with Crippen LogP contribution in [0.25, 0.3) is 132 Å². The summed E-state index contributed by atoms with van der Waals surface area (Å²) in [6.07, 6.45) is 0. The number of hydrogen-bond donors (Lipinski definition) is 0. The molecule has 2 heterocycles. The van der Waals surface area contributed by atoms with Gasteiger partial charge in [-0.2, -0.15) is 0 Å². The first-order valence-electron chi connectivity index (χ1n) is 20.2. The van der Waals surface area contributed by atoms with Gasteiger partial charge in [-0.15, -0.1) is 0 Å². The minimum atomic E-state index is 1.16. The Bertz CT molecular complexity index is 3510. The van der Waals surface area contributed by atoms with Crippen molar-refractivity contribution in [3.8, 4) is 67.0 Å². The zero-order chi connectivity index (χ0) is 37.6. The van der Waals surface area contributed by atoms with Gasteiger partial charge in [0.2, 0.25) is 0 Å². The lowest BCUT2D eigenvalue weighted by atomic mass is 9.99. The van der Waals surface area contributed by atoms with E-state index in [2.05, 4.69) is 203 Å². The van der Waals surface area contributed by atoms with Crippen LogP contribution in [0.4, 0.5) is 0 Å². The second-order valence-electron chi connectivity index (χ2n) is 16.0. The lowest BCUT2D eigenvalue weighted by Gasteiger charge is -2.13. The lowest BCUT2D eigenvalue weighted by Crippen LogP contribution is -1.96. The molecule has 0 aliphatic heterocycles. The summed E-state index contributed by atoms with van der Waals surface area (Å²) in [5.41, 5.74) is 20.3. The molecule has 0 radical (unpaired) electrons. The summed E-state index contributed by atoms with van der Waals surface area (Å²) in [4.78, 5) is 0. The monoisotopic (exact) mass is 732 g/mol. The summed E-state index contributed by atoms with van der Waals surface area (Å²) in [5.74, 6) is 0. The second-order valence-corrected chi connectivity index (χ2v) is 16.0. The van der Waals surface area contributed by atoms with Gasteiger partial charge < -0.3 is 9.13 Å². The zero-order valence-electron chi connectivity index (χ0n) is 31.4. The summed E-state index contributed by atoms with van der Waals surface area (Å²) in [6, 6.07) is 72.2. The van der Waals surface area contributed by atoms with Crippen molar-refractivity contribution in [2.75, 3.05) is 0 Å². The van der Waals surface area contributed by atoms with Gasteiger partial charge in [0.25, 0.3) is 0 Å². The molecule has 0 bridgehead atoms. The second kappa shape index (κ2) is 11.0. The van der Waals surface area contributed by atoms with Crippen LogP contribution in [-0.4, -0.2) is 9.13 Å². The number of nitrogens with zero attached hydrogens (tertiary/aromatic N) is 2. The fourth-order valence-electron chi connectivity index (χ4n) is 10.8. The molecule has 0 atom stereocenters. The van der Waals surface area contributed by atoms with Gasteiger partial charge in [0.05, 0.1) is 22.1 Å². The number of aromatic nitrogens is 2. The van der Waals surface area contributed by atoms with Crippen LogP contribution in [-0.2, 0) is 0 Å². The molecule has 0 saturated carbocycles. The van der Waals surface area contributed by atoms with E-state index in [1.54, 1.807) is 0 Å². The van der Waals surface area contributed by atoms with Crippen molar-refractivity contribution < 1.29 is 0 Å². The third-order valence-electron chi connectivity index (χ3n) is 13.2. The van der Waals surface area contributed by atoms with E-state index in [0.717, 1.165) is 11.4 Å². The van der Waals surface area contributed by atoms with Crippen LogP contribution in [0.2, 0.25) is 0 Å². The van der Waals surface area contributed by atoms with Crippen molar-refractivity contribution in [1.82, 2.24) is 9.13 Å². The Labute approximate surface area is 334 Å². The molecular formula is C56H32N2. The Morgan fingerprint density at radius 3 is 1.02 bits per heavy atom. The number of hydrogen-bond acceptors (Lipinski definition) is 0. The topological polar surface area (TPSA) is 9.86 Å². The average Bonchev–Trinajstić information content (AvgIpc) is 4.01. The highest BCUT2D eigenvalue weighted by atomic mass is 15.0. The lowest BCUT2D eigenvalue weighted by molar-refractivity contribution is 1.18. The van der Waals surface area contributed by atoms with E-state index in [-0.39, 0.29) is 0 Å². The van der Waals surface area contributed by atoms with E-state index in [4.69, 9.17) is 0 Å². The molecule has 0 saturated heterocycles. The van der Waals surface area contributed by atoms with Crippen LogP contribution in [0.5, 0.6) is 0 Å². The summed E-state index contributed by atoms with van der Waals surface area (Å²) in [6.45, 7) is 0. The molecule has 58 heavy (non-hydrogen) atoms. The molecule has 2 heteroatoms. The molecule has 2 nitrogen and oxygen atoms in total. The SMILES string of the molecule is c1ccc2c(c1)-c1cccc3c1c-2cc1c2ccccc2n(-c2ccc(-c4ccc(-n5c6ccccc6c6cc7c8c(cccc8c65)-c5ccccc5-7)cc4)cc2)c31. The molecule has 10 aromatic carbocycles. The van der Waals surface area contributed by atoms with Gasteiger partial charge in [0.15, 0.2) is 0 Å². The largest absolute Gasteiger partial charge is 0.309 e. The average molecular weight is 733 g/mol. The van der Waals surface area contributed by atoms with Crippen molar-refractivity contribution >= 4 is 65.2 Å². The van der Waals surface area contributed by atoms with Gasteiger partial charge in [0.1, 0.15) is 0 Å².